The highest BCUT2D eigenvalue weighted by Gasteiger charge is 2.20. The van der Waals surface area contributed by atoms with Gasteiger partial charge in [-0.25, -0.2) is 9.78 Å². The van der Waals surface area contributed by atoms with Crippen molar-refractivity contribution in [1.82, 2.24) is 9.88 Å². The van der Waals surface area contributed by atoms with Crippen LogP contribution in [-0.2, 0) is 6.54 Å². The van der Waals surface area contributed by atoms with Gasteiger partial charge in [-0.1, -0.05) is 37.6 Å². The van der Waals surface area contributed by atoms with Crippen LogP contribution < -0.4 is 0 Å². The molecule has 22 heavy (non-hydrogen) atoms. The van der Waals surface area contributed by atoms with Crippen LogP contribution in [0.2, 0.25) is 0 Å². The van der Waals surface area contributed by atoms with Crippen LogP contribution in [0.5, 0.6) is 0 Å². The summed E-state index contributed by atoms with van der Waals surface area (Å²) in [5.74, 6) is -0.904. The molecular formula is C17H22N2O2S. The SMILES string of the molecule is CCCCN(C)Cc1nc(-c2ccccc2C)c(C(=O)O)s1. The van der Waals surface area contributed by atoms with Crippen LogP contribution in [0.4, 0.5) is 0 Å². The van der Waals surface area contributed by atoms with Gasteiger partial charge in [0.2, 0.25) is 0 Å². The number of aromatic nitrogens is 1. The molecule has 1 N–H and O–H groups in total. The van der Waals surface area contributed by atoms with E-state index in [4.69, 9.17) is 0 Å². The normalized spacial score (nSPS) is 11.1. The number of carboxylic acid groups (broad SMARTS) is 1. The third-order valence-corrected chi connectivity index (χ3v) is 4.59. The molecule has 0 aliphatic carbocycles. The van der Waals surface area contributed by atoms with Gasteiger partial charge in [0.05, 0.1) is 12.2 Å². The molecule has 118 valence electrons. The maximum absolute atomic E-state index is 11.5. The first kappa shape index (κ1) is 16.6. The standard InChI is InChI=1S/C17H22N2O2S/c1-4-5-10-19(3)11-14-18-15(16(22-14)17(20)21)13-9-7-6-8-12(13)2/h6-9H,4-5,10-11H2,1-3H3,(H,20,21). The summed E-state index contributed by atoms with van der Waals surface area (Å²) in [5, 5.41) is 10.3. The van der Waals surface area contributed by atoms with Gasteiger partial charge in [0.15, 0.2) is 0 Å². The maximum atomic E-state index is 11.5. The summed E-state index contributed by atoms with van der Waals surface area (Å²) in [6.07, 6.45) is 2.29. The number of benzene rings is 1. The number of hydrogen-bond acceptors (Lipinski definition) is 4. The molecule has 1 heterocycles. The molecule has 0 unspecified atom stereocenters. The van der Waals surface area contributed by atoms with Crippen molar-refractivity contribution in [2.45, 2.75) is 33.2 Å². The van der Waals surface area contributed by atoms with Crippen LogP contribution in [0.3, 0.4) is 0 Å². The minimum absolute atomic E-state index is 0.327. The monoisotopic (exact) mass is 318 g/mol. The van der Waals surface area contributed by atoms with E-state index in [1.165, 1.54) is 11.3 Å². The summed E-state index contributed by atoms with van der Waals surface area (Å²) >= 11 is 1.28. The Labute approximate surface area is 135 Å². The van der Waals surface area contributed by atoms with Crippen molar-refractivity contribution in [2.75, 3.05) is 13.6 Å². The van der Waals surface area contributed by atoms with Gasteiger partial charge >= 0.3 is 5.97 Å². The molecule has 1 aromatic heterocycles. The summed E-state index contributed by atoms with van der Waals surface area (Å²) in [7, 11) is 2.05. The van der Waals surface area contributed by atoms with E-state index in [2.05, 4.69) is 16.8 Å². The largest absolute Gasteiger partial charge is 0.477 e. The summed E-state index contributed by atoms with van der Waals surface area (Å²) in [5.41, 5.74) is 2.54. The van der Waals surface area contributed by atoms with E-state index in [0.29, 0.717) is 17.1 Å². The number of hydrogen-bond donors (Lipinski definition) is 1. The first-order valence-corrected chi connectivity index (χ1v) is 8.32. The van der Waals surface area contributed by atoms with Gasteiger partial charge in [-0.05, 0) is 32.5 Å². The third-order valence-electron chi connectivity index (χ3n) is 3.56. The van der Waals surface area contributed by atoms with Gasteiger partial charge in [-0.15, -0.1) is 11.3 Å². The van der Waals surface area contributed by atoms with Crippen LogP contribution in [0.1, 0.15) is 40.0 Å². The van der Waals surface area contributed by atoms with Crippen molar-refractivity contribution in [3.8, 4) is 11.3 Å². The Balaban J connectivity index is 2.31. The second-order valence-electron chi connectivity index (χ2n) is 5.50. The average Bonchev–Trinajstić information content (AvgIpc) is 2.89. The molecule has 0 saturated heterocycles. The molecule has 0 aliphatic heterocycles. The van der Waals surface area contributed by atoms with E-state index in [9.17, 15) is 9.90 Å². The second kappa shape index (κ2) is 7.51. The molecule has 0 fully saturated rings. The smallest absolute Gasteiger partial charge is 0.348 e. The second-order valence-corrected chi connectivity index (χ2v) is 6.58. The molecule has 0 bridgehead atoms. The van der Waals surface area contributed by atoms with Gasteiger partial charge in [0.1, 0.15) is 9.88 Å². The highest BCUT2D eigenvalue weighted by Crippen LogP contribution is 2.31. The van der Waals surface area contributed by atoms with E-state index >= 15 is 0 Å². The van der Waals surface area contributed by atoms with Crippen molar-refractivity contribution < 1.29 is 9.90 Å². The Morgan fingerprint density at radius 3 is 2.73 bits per heavy atom. The van der Waals surface area contributed by atoms with Gasteiger partial charge < -0.3 is 5.11 Å². The molecule has 2 aromatic rings. The Kier molecular flexibility index (Phi) is 5.69. The Morgan fingerprint density at radius 2 is 2.09 bits per heavy atom. The molecule has 0 spiro atoms. The number of aromatic carboxylic acids is 1. The van der Waals surface area contributed by atoms with Gasteiger partial charge in [0.25, 0.3) is 0 Å². The van der Waals surface area contributed by atoms with Crippen molar-refractivity contribution in [3.63, 3.8) is 0 Å². The van der Waals surface area contributed by atoms with Gasteiger partial charge in [-0.2, -0.15) is 0 Å². The molecule has 4 nitrogen and oxygen atoms in total. The highest BCUT2D eigenvalue weighted by atomic mass is 32.1. The number of thiazole rings is 1. The van der Waals surface area contributed by atoms with Crippen molar-refractivity contribution in [2.24, 2.45) is 0 Å². The lowest BCUT2D eigenvalue weighted by molar-refractivity contribution is 0.0702. The summed E-state index contributed by atoms with van der Waals surface area (Å²) in [4.78, 5) is 18.7. The predicted octanol–water partition coefficient (Wildman–Crippen LogP) is 4.05. The number of rotatable bonds is 7. The molecule has 0 saturated carbocycles. The average molecular weight is 318 g/mol. The van der Waals surface area contributed by atoms with Gasteiger partial charge in [0, 0.05) is 5.56 Å². The maximum Gasteiger partial charge on any atom is 0.348 e. The van der Waals surface area contributed by atoms with E-state index in [1.54, 1.807) is 0 Å². The number of unbranched alkanes of at least 4 members (excludes halogenated alkanes) is 1. The lowest BCUT2D eigenvalue weighted by Gasteiger charge is -2.13. The van der Waals surface area contributed by atoms with Crippen LogP contribution in [0, 0.1) is 6.92 Å². The van der Waals surface area contributed by atoms with E-state index in [0.717, 1.165) is 35.5 Å². The van der Waals surface area contributed by atoms with Crippen LogP contribution >= 0.6 is 11.3 Å². The number of aryl methyl sites for hydroxylation is 1. The topological polar surface area (TPSA) is 53.4 Å². The molecule has 0 aliphatic rings. The first-order valence-electron chi connectivity index (χ1n) is 7.50. The minimum Gasteiger partial charge on any atom is -0.477 e. The summed E-state index contributed by atoms with van der Waals surface area (Å²) in [6, 6.07) is 7.78. The third kappa shape index (κ3) is 3.93. The quantitative estimate of drug-likeness (QED) is 0.837. The number of carbonyl (C=O) groups is 1. The molecule has 0 atom stereocenters. The van der Waals surface area contributed by atoms with E-state index in [1.807, 2.05) is 38.2 Å². The summed E-state index contributed by atoms with van der Waals surface area (Å²) in [6.45, 7) is 5.83. The fourth-order valence-corrected chi connectivity index (χ4v) is 3.33. The van der Waals surface area contributed by atoms with E-state index in [-0.39, 0.29) is 0 Å². The number of carboxylic acids is 1. The van der Waals surface area contributed by atoms with Crippen molar-refractivity contribution >= 4 is 17.3 Å². The van der Waals surface area contributed by atoms with E-state index < -0.39 is 5.97 Å². The zero-order valence-electron chi connectivity index (χ0n) is 13.3. The van der Waals surface area contributed by atoms with Crippen LogP contribution in [0.15, 0.2) is 24.3 Å². The fraction of sp³-hybridized carbons (Fsp3) is 0.412. The fourth-order valence-electron chi connectivity index (χ4n) is 2.34. The van der Waals surface area contributed by atoms with Gasteiger partial charge in [-0.3, -0.25) is 4.90 Å². The molecule has 0 amide bonds. The zero-order chi connectivity index (χ0) is 16.1. The molecular weight excluding hydrogens is 296 g/mol. The Morgan fingerprint density at radius 1 is 1.36 bits per heavy atom. The summed E-state index contributed by atoms with van der Waals surface area (Å²) < 4.78 is 0. The molecule has 0 radical (unpaired) electrons. The Bertz CT molecular complexity index is 652. The lowest BCUT2D eigenvalue weighted by atomic mass is 10.1. The number of nitrogens with zero attached hydrogens (tertiary/aromatic N) is 2. The zero-order valence-corrected chi connectivity index (χ0v) is 14.1. The van der Waals surface area contributed by atoms with Crippen molar-refractivity contribution in [1.29, 1.82) is 0 Å². The highest BCUT2D eigenvalue weighted by molar-refractivity contribution is 7.14. The molecule has 1 aromatic carbocycles. The Hall–Kier alpha value is -1.72. The minimum atomic E-state index is -0.904. The predicted molar refractivity (Wildman–Crippen MR) is 90.5 cm³/mol. The van der Waals surface area contributed by atoms with Crippen molar-refractivity contribution in [3.05, 3.63) is 39.7 Å². The first-order chi connectivity index (χ1) is 10.5. The molecule has 5 heteroatoms. The molecule has 2 rings (SSSR count). The lowest BCUT2D eigenvalue weighted by Crippen LogP contribution is -2.18. The van der Waals surface area contributed by atoms with Crippen LogP contribution in [0.25, 0.3) is 11.3 Å². The van der Waals surface area contributed by atoms with Crippen LogP contribution in [-0.4, -0.2) is 34.6 Å².